The average molecular weight is 380 g/mol. The Morgan fingerprint density at radius 3 is 2.64 bits per heavy atom. The molecular formula is C17H16N8O3. The highest BCUT2D eigenvalue weighted by molar-refractivity contribution is 5.71. The molecule has 0 aliphatic rings. The number of rotatable bonds is 7. The van der Waals surface area contributed by atoms with E-state index in [0.29, 0.717) is 30.2 Å². The molecule has 0 fully saturated rings. The zero-order chi connectivity index (χ0) is 20.1. The Labute approximate surface area is 159 Å². The van der Waals surface area contributed by atoms with Crippen molar-refractivity contribution in [2.75, 3.05) is 35.2 Å². The molecule has 0 saturated heterocycles. The number of benzene rings is 1. The molecule has 6 N–H and O–H groups in total. The largest absolute Gasteiger partial charge is 0.463 e. The number of aromatic nitrogens is 2. The number of furan rings is 1. The summed E-state index contributed by atoms with van der Waals surface area (Å²) in [5, 5.41) is 26.4. The molecule has 11 nitrogen and oxygen atoms in total. The predicted molar refractivity (Wildman–Crippen MR) is 103 cm³/mol. The van der Waals surface area contributed by atoms with Crippen LogP contribution in [0.15, 0.2) is 41.0 Å². The van der Waals surface area contributed by atoms with Crippen LogP contribution in [-0.2, 0) is 0 Å². The van der Waals surface area contributed by atoms with Crippen LogP contribution in [-0.4, -0.2) is 28.0 Å². The van der Waals surface area contributed by atoms with E-state index in [-0.39, 0.29) is 28.7 Å². The van der Waals surface area contributed by atoms with Crippen molar-refractivity contribution in [1.29, 1.82) is 5.26 Å². The molecule has 0 spiro atoms. The molecule has 3 aromatic rings. The highest BCUT2D eigenvalue weighted by Gasteiger charge is 2.17. The number of nitriles is 1. The third-order valence-corrected chi connectivity index (χ3v) is 3.76. The summed E-state index contributed by atoms with van der Waals surface area (Å²) < 4.78 is 5.30. The van der Waals surface area contributed by atoms with Crippen LogP contribution < -0.4 is 22.1 Å². The van der Waals surface area contributed by atoms with Crippen LogP contribution in [0.25, 0.3) is 11.5 Å². The summed E-state index contributed by atoms with van der Waals surface area (Å²) in [6, 6.07) is 9.79. The molecule has 1 aromatic carbocycles. The number of nitrogens with one attached hydrogen (secondary N) is 2. The van der Waals surface area contributed by atoms with Crippen LogP contribution in [0.4, 0.5) is 28.8 Å². The van der Waals surface area contributed by atoms with Crippen LogP contribution in [0.3, 0.4) is 0 Å². The molecule has 3 rings (SSSR count). The summed E-state index contributed by atoms with van der Waals surface area (Å²) in [7, 11) is 0. The van der Waals surface area contributed by atoms with E-state index in [2.05, 4.69) is 26.7 Å². The van der Waals surface area contributed by atoms with Crippen LogP contribution in [0.1, 0.15) is 5.56 Å². The Morgan fingerprint density at radius 2 is 2.00 bits per heavy atom. The second kappa shape index (κ2) is 7.92. The van der Waals surface area contributed by atoms with Gasteiger partial charge in [0.15, 0.2) is 5.76 Å². The number of nitro groups is 1. The third kappa shape index (κ3) is 3.91. The lowest BCUT2D eigenvalue weighted by molar-refractivity contribution is -0.383. The van der Waals surface area contributed by atoms with E-state index in [1.165, 1.54) is 18.4 Å². The van der Waals surface area contributed by atoms with Crippen molar-refractivity contribution in [1.82, 2.24) is 9.97 Å². The summed E-state index contributed by atoms with van der Waals surface area (Å²) in [6.07, 6.45) is 1.47. The zero-order valence-corrected chi connectivity index (χ0v) is 14.5. The van der Waals surface area contributed by atoms with E-state index in [9.17, 15) is 15.4 Å². The Hall–Kier alpha value is -4.33. The summed E-state index contributed by atoms with van der Waals surface area (Å²) in [4.78, 5) is 18.4. The molecule has 0 aliphatic carbocycles. The first-order chi connectivity index (χ1) is 13.5. The van der Waals surface area contributed by atoms with Crippen molar-refractivity contribution in [3.63, 3.8) is 0 Å². The summed E-state index contributed by atoms with van der Waals surface area (Å²) in [5.74, 6) is 0.698. The molecule has 0 saturated carbocycles. The van der Waals surface area contributed by atoms with E-state index in [1.54, 1.807) is 18.2 Å². The maximum Gasteiger partial charge on any atom is 0.292 e. The van der Waals surface area contributed by atoms with Crippen molar-refractivity contribution in [3.05, 3.63) is 52.3 Å². The number of nitro benzene ring substituents is 1. The smallest absolute Gasteiger partial charge is 0.292 e. The molecule has 11 heteroatoms. The van der Waals surface area contributed by atoms with Gasteiger partial charge in [-0.1, -0.05) is 0 Å². The number of nitrogens with two attached hydrogens (primary N) is 2. The van der Waals surface area contributed by atoms with Crippen molar-refractivity contribution < 1.29 is 9.34 Å². The summed E-state index contributed by atoms with van der Waals surface area (Å²) in [5.41, 5.74) is 12.5. The minimum Gasteiger partial charge on any atom is -0.463 e. The fourth-order valence-electron chi connectivity index (χ4n) is 2.52. The zero-order valence-electron chi connectivity index (χ0n) is 14.5. The third-order valence-electron chi connectivity index (χ3n) is 3.76. The quantitative estimate of drug-likeness (QED) is 0.205. The van der Waals surface area contributed by atoms with Gasteiger partial charge in [0.05, 0.1) is 11.2 Å². The summed E-state index contributed by atoms with van der Waals surface area (Å²) >= 11 is 0. The number of hydrogen-bond acceptors (Lipinski definition) is 10. The highest BCUT2D eigenvalue weighted by Crippen LogP contribution is 2.27. The van der Waals surface area contributed by atoms with Crippen molar-refractivity contribution in [3.8, 4) is 17.5 Å². The molecule has 0 amide bonds. The lowest BCUT2D eigenvalue weighted by Gasteiger charge is -2.11. The molecule has 0 bridgehead atoms. The van der Waals surface area contributed by atoms with E-state index < -0.39 is 4.92 Å². The molecule has 2 aromatic heterocycles. The van der Waals surface area contributed by atoms with Crippen molar-refractivity contribution in [2.24, 2.45) is 0 Å². The second-order valence-electron chi connectivity index (χ2n) is 5.63. The van der Waals surface area contributed by atoms with Gasteiger partial charge in [-0.05, 0) is 24.3 Å². The topological polar surface area (TPSA) is 182 Å². The van der Waals surface area contributed by atoms with E-state index in [4.69, 9.17) is 15.9 Å². The Balaban J connectivity index is 1.68. The molecule has 0 unspecified atom stereocenters. The molecule has 0 atom stereocenters. The molecular weight excluding hydrogens is 364 g/mol. The van der Waals surface area contributed by atoms with Gasteiger partial charge in [0.2, 0.25) is 5.95 Å². The van der Waals surface area contributed by atoms with Gasteiger partial charge in [-0.15, -0.1) is 0 Å². The lowest BCUT2D eigenvalue weighted by Crippen LogP contribution is -2.16. The monoisotopic (exact) mass is 380 g/mol. The minimum absolute atomic E-state index is 0.00371. The predicted octanol–water partition coefficient (Wildman–Crippen LogP) is 2.20. The van der Waals surface area contributed by atoms with E-state index in [1.807, 2.05) is 0 Å². The van der Waals surface area contributed by atoms with Gasteiger partial charge in [0.1, 0.15) is 28.8 Å². The maximum absolute atomic E-state index is 10.8. The number of nitrogen functional groups attached to an aromatic ring is 2. The first-order valence-corrected chi connectivity index (χ1v) is 8.12. The van der Waals surface area contributed by atoms with Crippen LogP contribution >= 0.6 is 0 Å². The van der Waals surface area contributed by atoms with E-state index in [0.717, 1.165) is 0 Å². The molecule has 0 aliphatic heterocycles. The van der Waals surface area contributed by atoms with Crippen molar-refractivity contribution in [2.45, 2.75) is 0 Å². The Bertz CT molecular complexity index is 1040. The van der Waals surface area contributed by atoms with Gasteiger partial charge in [-0.25, -0.2) is 4.98 Å². The summed E-state index contributed by atoms with van der Waals surface area (Å²) in [6.45, 7) is 0.821. The van der Waals surface area contributed by atoms with Crippen LogP contribution in [0.2, 0.25) is 0 Å². The number of nitrogens with zero attached hydrogens (tertiary/aromatic N) is 4. The van der Waals surface area contributed by atoms with Gasteiger partial charge >= 0.3 is 0 Å². The Morgan fingerprint density at radius 1 is 1.21 bits per heavy atom. The average Bonchev–Trinajstić information content (AvgIpc) is 3.19. The SMILES string of the molecule is N#Cc1c(NCCNc2ccc([N+](=O)[O-])c(N)c2)nc(N)nc1-c1ccco1. The van der Waals surface area contributed by atoms with E-state index >= 15 is 0 Å². The number of hydrogen-bond donors (Lipinski definition) is 4. The first kappa shape index (κ1) is 18.5. The molecule has 2 heterocycles. The maximum atomic E-state index is 10.8. The molecule has 142 valence electrons. The van der Waals surface area contributed by atoms with Crippen LogP contribution in [0, 0.1) is 21.4 Å². The van der Waals surface area contributed by atoms with Crippen LogP contribution in [0.5, 0.6) is 0 Å². The normalized spacial score (nSPS) is 10.2. The second-order valence-corrected chi connectivity index (χ2v) is 5.63. The lowest BCUT2D eigenvalue weighted by atomic mass is 10.2. The number of anilines is 4. The first-order valence-electron chi connectivity index (χ1n) is 8.12. The standard InChI is InChI=1S/C17H16N8O3/c18-9-11-15(14-2-1-7-28-14)23-17(20)24-16(11)22-6-5-21-10-3-4-13(25(26)27)12(19)8-10/h1-4,7-8,21H,5-6,19H2,(H3,20,22,23,24). The van der Waals surface area contributed by atoms with Gasteiger partial charge in [-0.2, -0.15) is 10.2 Å². The fourth-order valence-corrected chi connectivity index (χ4v) is 2.52. The molecule has 28 heavy (non-hydrogen) atoms. The van der Waals surface area contributed by atoms with Gasteiger partial charge in [0.25, 0.3) is 5.69 Å². The van der Waals surface area contributed by atoms with Crippen molar-refractivity contribution >= 4 is 28.8 Å². The minimum atomic E-state index is -0.541. The van der Waals surface area contributed by atoms with Gasteiger partial charge in [-0.3, -0.25) is 10.1 Å². The van der Waals surface area contributed by atoms with Gasteiger partial charge in [0, 0.05) is 24.8 Å². The molecule has 0 radical (unpaired) electrons. The highest BCUT2D eigenvalue weighted by atomic mass is 16.6. The fraction of sp³-hybridized carbons (Fsp3) is 0.118. The van der Waals surface area contributed by atoms with Gasteiger partial charge < -0.3 is 26.5 Å². The Kier molecular flexibility index (Phi) is 5.22.